The first-order chi connectivity index (χ1) is 18.0. The van der Waals surface area contributed by atoms with E-state index in [1.165, 1.54) is 19.3 Å². The van der Waals surface area contributed by atoms with E-state index < -0.39 is 5.41 Å². The van der Waals surface area contributed by atoms with E-state index in [0.29, 0.717) is 18.0 Å². The summed E-state index contributed by atoms with van der Waals surface area (Å²) < 4.78 is 11.0. The zero-order valence-corrected chi connectivity index (χ0v) is 21.3. The molecule has 3 aliphatic rings. The molecule has 0 aromatic heterocycles. The van der Waals surface area contributed by atoms with Crippen molar-refractivity contribution in [2.24, 2.45) is 0 Å². The summed E-state index contributed by atoms with van der Waals surface area (Å²) in [5, 5.41) is 3.19. The number of rotatable bonds is 7. The third-order valence-electron chi connectivity index (χ3n) is 8.27. The van der Waals surface area contributed by atoms with Crippen molar-refractivity contribution in [2.45, 2.75) is 69.7 Å². The van der Waals surface area contributed by atoms with Gasteiger partial charge in [-0.1, -0.05) is 55.7 Å². The fourth-order valence-corrected chi connectivity index (χ4v) is 5.81. The number of aryl methyl sites for hydroxylation is 1. The molecule has 2 fully saturated rings. The second-order valence-electron chi connectivity index (χ2n) is 10.8. The van der Waals surface area contributed by atoms with E-state index >= 15 is 0 Å². The number of amides is 1. The van der Waals surface area contributed by atoms with Crippen molar-refractivity contribution in [3.63, 3.8) is 0 Å². The summed E-state index contributed by atoms with van der Waals surface area (Å²) in [6.45, 7) is 2.32. The molecule has 0 saturated heterocycles. The molecule has 0 bridgehead atoms. The number of carbonyl (C=O) groups is 2. The first-order valence-corrected chi connectivity index (χ1v) is 13.5. The molecule has 2 saturated carbocycles. The number of hydrogen-bond acceptors (Lipinski definition) is 4. The minimum absolute atomic E-state index is 0.00719. The Hall–Kier alpha value is -3.60. The van der Waals surface area contributed by atoms with Crippen LogP contribution >= 0.6 is 0 Å². The normalized spacial score (nSPS) is 17.9. The summed E-state index contributed by atoms with van der Waals surface area (Å²) in [7, 11) is 0. The van der Waals surface area contributed by atoms with Gasteiger partial charge < -0.3 is 14.8 Å². The molecular formula is C32H33NO4. The summed E-state index contributed by atoms with van der Waals surface area (Å²) in [6.07, 6.45) is 7.94. The maximum Gasteiger partial charge on any atom is 0.251 e. The predicted molar refractivity (Wildman–Crippen MR) is 143 cm³/mol. The van der Waals surface area contributed by atoms with Crippen LogP contribution in [0.2, 0.25) is 0 Å². The SMILES string of the molecule is Cc1ccc(CC(=O)C2(c3ccc4c(c3)OCO4)CC2)cc1-c1ccc(C(=O)NC2CCCCC2)cc1. The molecule has 5 heteroatoms. The molecule has 0 atom stereocenters. The van der Waals surface area contributed by atoms with Gasteiger partial charge in [0.15, 0.2) is 11.5 Å². The van der Waals surface area contributed by atoms with Crippen LogP contribution in [-0.2, 0) is 16.6 Å². The molecule has 1 aliphatic heterocycles. The third kappa shape index (κ3) is 4.75. The molecule has 0 radical (unpaired) electrons. The molecule has 3 aromatic rings. The van der Waals surface area contributed by atoms with Gasteiger partial charge in [0.25, 0.3) is 5.91 Å². The van der Waals surface area contributed by atoms with Crippen molar-refractivity contribution >= 4 is 11.7 Å². The summed E-state index contributed by atoms with van der Waals surface area (Å²) in [4.78, 5) is 26.2. The van der Waals surface area contributed by atoms with Gasteiger partial charge in [0.1, 0.15) is 5.78 Å². The minimum Gasteiger partial charge on any atom is -0.454 e. The number of nitrogens with one attached hydrogen (secondary N) is 1. The number of fused-ring (bicyclic) bond motifs is 1. The quantitative estimate of drug-likeness (QED) is 0.418. The molecule has 190 valence electrons. The van der Waals surface area contributed by atoms with Crippen LogP contribution in [0.1, 0.15) is 72.0 Å². The largest absolute Gasteiger partial charge is 0.454 e. The fourth-order valence-electron chi connectivity index (χ4n) is 5.81. The van der Waals surface area contributed by atoms with Gasteiger partial charge in [-0.25, -0.2) is 0 Å². The van der Waals surface area contributed by atoms with Crippen LogP contribution in [0.4, 0.5) is 0 Å². The second kappa shape index (κ2) is 9.70. The molecule has 0 spiro atoms. The minimum atomic E-state index is -0.417. The Morgan fingerprint density at radius 2 is 1.65 bits per heavy atom. The third-order valence-corrected chi connectivity index (χ3v) is 8.27. The van der Waals surface area contributed by atoms with Gasteiger partial charge in [0.05, 0.1) is 5.41 Å². The zero-order valence-electron chi connectivity index (χ0n) is 21.3. The predicted octanol–water partition coefficient (Wildman–Crippen LogP) is 6.30. The van der Waals surface area contributed by atoms with E-state index in [4.69, 9.17) is 9.47 Å². The Morgan fingerprint density at radius 1 is 0.892 bits per heavy atom. The average molecular weight is 496 g/mol. The highest BCUT2D eigenvalue weighted by molar-refractivity contribution is 5.96. The molecule has 5 nitrogen and oxygen atoms in total. The van der Waals surface area contributed by atoms with Crippen LogP contribution in [0, 0.1) is 6.92 Å². The molecule has 1 amide bonds. The number of Topliss-reactive ketones (excluding diaryl/α,β-unsaturated/α-hetero) is 1. The zero-order chi connectivity index (χ0) is 25.4. The smallest absolute Gasteiger partial charge is 0.251 e. The Labute approximate surface area is 218 Å². The molecule has 0 unspecified atom stereocenters. The second-order valence-corrected chi connectivity index (χ2v) is 10.8. The van der Waals surface area contributed by atoms with Crippen molar-refractivity contribution in [1.29, 1.82) is 0 Å². The molecular weight excluding hydrogens is 462 g/mol. The summed E-state index contributed by atoms with van der Waals surface area (Å²) in [5.41, 5.74) is 5.60. The van der Waals surface area contributed by atoms with Crippen LogP contribution in [0.15, 0.2) is 60.7 Å². The highest BCUT2D eigenvalue weighted by atomic mass is 16.7. The van der Waals surface area contributed by atoms with Crippen molar-refractivity contribution < 1.29 is 19.1 Å². The monoisotopic (exact) mass is 495 g/mol. The lowest BCUT2D eigenvalue weighted by Gasteiger charge is -2.22. The number of hydrogen-bond donors (Lipinski definition) is 1. The first kappa shape index (κ1) is 23.8. The van der Waals surface area contributed by atoms with Crippen molar-refractivity contribution in [3.05, 3.63) is 82.9 Å². The lowest BCUT2D eigenvalue weighted by molar-refractivity contribution is -0.120. The number of ether oxygens (including phenoxy) is 2. The summed E-state index contributed by atoms with van der Waals surface area (Å²) >= 11 is 0. The fraction of sp³-hybridized carbons (Fsp3) is 0.375. The van der Waals surface area contributed by atoms with E-state index in [2.05, 4.69) is 30.4 Å². The Bertz CT molecular complexity index is 1330. The van der Waals surface area contributed by atoms with E-state index in [1.807, 2.05) is 42.5 Å². The summed E-state index contributed by atoms with van der Waals surface area (Å²) in [6, 6.07) is 20.3. The molecule has 3 aromatic carbocycles. The Kier molecular flexibility index (Phi) is 6.23. The van der Waals surface area contributed by atoms with E-state index in [1.54, 1.807) is 0 Å². The van der Waals surface area contributed by atoms with Crippen LogP contribution in [0.3, 0.4) is 0 Å². The van der Waals surface area contributed by atoms with Crippen molar-refractivity contribution in [1.82, 2.24) is 5.32 Å². The topological polar surface area (TPSA) is 64.6 Å². The van der Waals surface area contributed by atoms with E-state index in [0.717, 1.165) is 65.0 Å². The molecule has 1 heterocycles. The van der Waals surface area contributed by atoms with Gasteiger partial charge in [0.2, 0.25) is 6.79 Å². The highest BCUT2D eigenvalue weighted by Crippen LogP contribution is 2.51. The number of ketones is 1. The van der Waals surface area contributed by atoms with Gasteiger partial charge >= 0.3 is 0 Å². The maximum atomic E-state index is 13.5. The van der Waals surface area contributed by atoms with Gasteiger partial charge in [-0.3, -0.25) is 9.59 Å². The van der Waals surface area contributed by atoms with E-state index in [9.17, 15) is 9.59 Å². The van der Waals surface area contributed by atoms with Gasteiger partial charge in [0, 0.05) is 18.0 Å². The standard InChI is InChI=1S/C32H33NO4/c1-21-7-8-22(18-30(34)32(15-16-32)25-13-14-28-29(19-25)37-20-36-28)17-27(21)23-9-11-24(12-10-23)31(35)33-26-5-3-2-4-6-26/h7-14,17,19,26H,2-6,15-16,18,20H2,1H3,(H,33,35). The van der Waals surface area contributed by atoms with Crippen molar-refractivity contribution in [2.75, 3.05) is 6.79 Å². The summed E-state index contributed by atoms with van der Waals surface area (Å²) in [5.74, 6) is 1.72. The highest BCUT2D eigenvalue weighted by Gasteiger charge is 2.50. The van der Waals surface area contributed by atoms with Gasteiger partial charge in [-0.15, -0.1) is 0 Å². The van der Waals surface area contributed by atoms with Crippen LogP contribution in [0.25, 0.3) is 11.1 Å². The average Bonchev–Trinajstić information content (AvgIpc) is 3.61. The molecule has 1 N–H and O–H groups in total. The lowest BCUT2D eigenvalue weighted by atomic mass is 9.87. The van der Waals surface area contributed by atoms with Crippen LogP contribution in [-0.4, -0.2) is 24.5 Å². The van der Waals surface area contributed by atoms with E-state index in [-0.39, 0.29) is 18.5 Å². The number of benzene rings is 3. The molecule has 37 heavy (non-hydrogen) atoms. The molecule has 2 aliphatic carbocycles. The van der Waals surface area contributed by atoms with Crippen molar-refractivity contribution in [3.8, 4) is 22.6 Å². The van der Waals surface area contributed by atoms with Gasteiger partial charge in [-0.2, -0.15) is 0 Å². The Morgan fingerprint density at radius 3 is 2.41 bits per heavy atom. The Balaban J connectivity index is 1.17. The first-order valence-electron chi connectivity index (χ1n) is 13.5. The molecule has 6 rings (SSSR count). The van der Waals surface area contributed by atoms with Crippen LogP contribution in [0.5, 0.6) is 11.5 Å². The lowest BCUT2D eigenvalue weighted by Crippen LogP contribution is -2.36. The maximum absolute atomic E-state index is 13.5. The van der Waals surface area contributed by atoms with Crippen LogP contribution < -0.4 is 14.8 Å². The number of carbonyl (C=O) groups excluding carboxylic acids is 2. The van der Waals surface area contributed by atoms with Gasteiger partial charge in [-0.05, 0) is 84.7 Å².